The Kier molecular flexibility index (Phi) is 9.94. The number of anilines is 1. The van der Waals surface area contributed by atoms with Crippen LogP contribution in [-0.4, -0.2) is 64.7 Å². The summed E-state index contributed by atoms with van der Waals surface area (Å²) in [6, 6.07) is 11.4. The fraction of sp³-hybridized carbons (Fsp3) is 0.440. The largest absolute Gasteiger partial charge is 0.497 e. The number of carbonyl (C=O) groups excluding carboxylic acids is 2. The SMILES string of the molecule is CCCNC(=O)[C@H](C)N(Cc1ccc(OC)cc1)C(=O)CN(c1cc(C)ccc1OC)S(C)(=O)=O. The number of carbonyl (C=O) groups is 2. The van der Waals surface area contributed by atoms with Gasteiger partial charge in [-0.3, -0.25) is 13.9 Å². The zero-order chi connectivity index (χ0) is 26.2. The summed E-state index contributed by atoms with van der Waals surface area (Å²) >= 11 is 0. The third-order valence-corrected chi connectivity index (χ3v) is 6.64. The Morgan fingerprint density at radius 3 is 2.26 bits per heavy atom. The van der Waals surface area contributed by atoms with Crippen molar-refractivity contribution in [3.8, 4) is 11.5 Å². The van der Waals surface area contributed by atoms with E-state index in [0.29, 0.717) is 18.0 Å². The van der Waals surface area contributed by atoms with Crippen LogP contribution >= 0.6 is 0 Å². The number of nitrogens with zero attached hydrogens (tertiary/aromatic N) is 2. The molecule has 10 heteroatoms. The van der Waals surface area contributed by atoms with E-state index in [1.54, 1.807) is 56.5 Å². The average Bonchev–Trinajstić information content (AvgIpc) is 2.83. The summed E-state index contributed by atoms with van der Waals surface area (Å²) in [6.45, 7) is 5.49. The molecule has 2 rings (SSSR count). The van der Waals surface area contributed by atoms with E-state index in [-0.39, 0.29) is 18.1 Å². The van der Waals surface area contributed by atoms with Gasteiger partial charge >= 0.3 is 0 Å². The van der Waals surface area contributed by atoms with E-state index in [2.05, 4.69) is 5.32 Å². The Labute approximate surface area is 208 Å². The van der Waals surface area contributed by atoms with Crippen molar-refractivity contribution in [3.63, 3.8) is 0 Å². The fourth-order valence-corrected chi connectivity index (χ4v) is 4.34. The van der Waals surface area contributed by atoms with E-state index in [9.17, 15) is 18.0 Å². The van der Waals surface area contributed by atoms with Gasteiger partial charge in [0, 0.05) is 13.1 Å². The van der Waals surface area contributed by atoms with Gasteiger partial charge in [-0.05, 0) is 55.7 Å². The summed E-state index contributed by atoms with van der Waals surface area (Å²) in [6.07, 6.45) is 1.78. The van der Waals surface area contributed by atoms with Crippen molar-refractivity contribution in [2.24, 2.45) is 0 Å². The first-order chi connectivity index (χ1) is 16.5. The minimum Gasteiger partial charge on any atom is -0.497 e. The Hall–Kier alpha value is -3.27. The predicted octanol–water partition coefficient (Wildman–Crippen LogP) is 2.72. The fourth-order valence-electron chi connectivity index (χ4n) is 3.50. The van der Waals surface area contributed by atoms with Crippen LogP contribution in [0.1, 0.15) is 31.4 Å². The van der Waals surface area contributed by atoms with Crippen LogP contribution in [0.4, 0.5) is 5.69 Å². The third kappa shape index (κ3) is 7.61. The van der Waals surface area contributed by atoms with Crippen molar-refractivity contribution in [3.05, 3.63) is 53.6 Å². The number of amides is 2. The van der Waals surface area contributed by atoms with Gasteiger partial charge in [-0.2, -0.15) is 0 Å². The van der Waals surface area contributed by atoms with Crippen LogP contribution in [-0.2, 0) is 26.2 Å². The number of methoxy groups -OCH3 is 2. The van der Waals surface area contributed by atoms with Gasteiger partial charge in [-0.1, -0.05) is 25.1 Å². The number of nitrogens with one attached hydrogen (secondary N) is 1. The lowest BCUT2D eigenvalue weighted by molar-refractivity contribution is -0.139. The molecule has 0 radical (unpaired) electrons. The highest BCUT2D eigenvalue weighted by atomic mass is 32.2. The van der Waals surface area contributed by atoms with Crippen molar-refractivity contribution in [2.45, 2.75) is 39.8 Å². The molecule has 2 amide bonds. The van der Waals surface area contributed by atoms with Crippen molar-refractivity contribution < 1.29 is 27.5 Å². The van der Waals surface area contributed by atoms with Crippen molar-refractivity contribution in [1.29, 1.82) is 0 Å². The van der Waals surface area contributed by atoms with Crippen molar-refractivity contribution in [2.75, 3.05) is 37.9 Å². The number of hydrogen-bond acceptors (Lipinski definition) is 6. The number of benzene rings is 2. The first kappa shape index (κ1) is 28.0. The highest BCUT2D eigenvalue weighted by molar-refractivity contribution is 7.92. The number of rotatable bonds is 12. The minimum absolute atomic E-state index is 0.117. The van der Waals surface area contributed by atoms with Gasteiger partial charge in [-0.25, -0.2) is 8.42 Å². The molecule has 2 aromatic rings. The first-order valence-electron chi connectivity index (χ1n) is 11.3. The molecule has 35 heavy (non-hydrogen) atoms. The van der Waals surface area contributed by atoms with Crippen LogP contribution in [0.3, 0.4) is 0 Å². The second-order valence-electron chi connectivity index (χ2n) is 8.28. The first-order valence-corrected chi connectivity index (χ1v) is 13.2. The molecule has 1 atom stereocenters. The highest BCUT2D eigenvalue weighted by Gasteiger charge is 2.31. The van der Waals surface area contributed by atoms with Gasteiger partial charge in [0.2, 0.25) is 21.8 Å². The lowest BCUT2D eigenvalue weighted by Crippen LogP contribution is -2.51. The maximum Gasteiger partial charge on any atom is 0.244 e. The van der Waals surface area contributed by atoms with E-state index in [0.717, 1.165) is 28.1 Å². The van der Waals surface area contributed by atoms with Crippen LogP contribution in [0.15, 0.2) is 42.5 Å². The number of sulfonamides is 1. The van der Waals surface area contributed by atoms with Gasteiger partial charge < -0.3 is 19.7 Å². The molecule has 9 nitrogen and oxygen atoms in total. The van der Waals surface area contributed by atoms with Gasteiger partial charge in [0.25, 0.3) is 0 Å². The Balaban J connectivity index is 2.43. The summed E-state index contributed by atoms with van der Waals surface area (Å²) < 4.78 is 37.1. The normalized spacial score (nSPS) is 11.9. The van der Waals surface area contributed by atoms with Crippen LogP contribution in [0.2, 0.25) is 0 Å². The summed E-state index contributed by atoms with van der Waals surface area (Å²) in [4.78, 5) is 27.7. The molecule has 192 valence electrons. The van der Waals surface area contributed by atoms with Gasteiger partial charge in [0.1, 0.15) is 24.1 Å². The van der Waals surface area contributed by atoms with E-state index < -0.39 is 28.5 Å². The van der Waals surface area contributed by atoms with Crippen molar-refractivity contribution in [1.82, 2.24) is 10.2 Å². The van der Waals surface area contributed by atoms with Crippen LogP contribution in [0.5, 0.6) is 11.5 Å². The van der Waals surface area contributed by atoms with E-state index in [1.807, 2.05) is 13.8 Å². The Morgan fingerprint density at radius 1 is 1.06 bits per heavy atom. The van der Waals surface area contributed by atoms with Crippen LogP contribution in [0.25, 0.3) is 0 Å². The molecule has 0 unspecified atom stereocenters. The molecule has 0 heterocycles. The topological polar surface area (TPSA) is 105 Å². The van der Waals surface area contributed by atoms with Crippen LogP contribution in [0, 0.1) is 6.92 Å². The molecule has 0 aliphatic heterocycles. The van der Waals surface area contributed by atoms with Crippen LogP contribution < -0.4 is 19.1 Å². The molecule has 0 saturated carbocycles. The zero-order valence-corrected chi connectivity index (χ0v) is 22.0. The summed E-state index contributed by atoms with van der Waals surface area (Å²) in [5.74, 6) is 0.154. The lowest BCUT2D eigenvalue weighted by atomic mass is 10.1. The molecule has 1 N–H and O–H groups in total. The second kappa shape index (κ2) is 12.4. The Morgan fingerprint density at radius 2 is 1.71 bits per heavy atom. The molecule has 0 aromatic heterocycles. The Bertz CT molecular complexity index is 1120. The highest BCUT2D eigenvalue weighted by Crippen LogP contribution is 2.31. The minimum atomic E-state index is -3.85. The van der Waals surface area contributed by atoms with E-state index in [4.69, 9.17) is 9.47 Å². The van der Waals surface area contributed by atoms with Gasteiger partial charge in [0.15, 0.2) is 0 Å². The number of ether oxygens (including phenoxy) is 2. The van der Waals surface area contributed by atoms with E-state index in [1.165, 1.54) is 12.0 Å². The summed E-state index contributed by atoms with van der Waals surface area (Å²) in [5.41, 5.74) is 1.84. The lowest BCUT2D eigenvalue weighted by Gasteiger charge is -2.32. The number of hydrogen-bond donors (Lipinski definition) is 1. The second-order valence-corrected chi connectivity index (χ2v) is 10.2. The van der Waals surface area contributed by atoms with E-state index >= 15 is 0 Å². The molecule has 2 aromatic carbocycles. The monoisotopic (exact) mass is 505 g/mol. The van der Waals surface area contributed by atoms with Crippen molar-refractivity contribution >= 4 is 27.5 Å². The molecule has 0 fully saturated rings. The standard InChI is InChI=1S/C25H35N3O6S/c1-7-14-26-25(30)19(3)27(16-20-9-11-21(33-4)12-10-20)24(29)17-28(35(6,31)32)22-15-18(2)8-13-23(22)34-5/h8-13,15,19H,7,14,16-17H2,1-6H3,(H,26,30)/t19-/m0/s1. The molecule has 0 aliphatic carbocycles. The predicted molar refractivity (Wildman–Crippen MR) is 136 cm³/mol. The summed E-state index contributed by atoms with van der Waals surface area (Å²) in [5, 5.41) is 2.81. The van der Waals surface area contributed by atoms with Gasteiger partial charge in [-0.15, -0.1) is 0 Å². The third-order valence-electron chi connectivity index (χ3n) is 5.51. The summed E-state index contributed by atoms with van der Waals surface area (Å²) in [7, 11) is -0.852. The van der Waals surface area contributed by atoms with Gasteiger partial charge in [0.05, 0.1) is 26.2 Å². The quantitative estimate of drug-likeness (QED) is 0.476. The average molecular weight is 506 g/mol. The molecule has 0 bridgehead atoms. The molecular formula is C25H35N3O6S. The number of aryl methyl sites for hydroxylation is 1. The smallest absolute Gasteiger partial charge is 0.244 e. The molecule has 0 saturated heterocycles. The molecule has 0 spiro atoms. The molecular weight excluding hydrogens is 470 g/mol. The zero-order valence-electron chi connectivity index (χ0n) is 21.2. The maximum absolute atomic E-state index is 13.6. The maximum atomic E-state index is 13.6. The molecule has 0 aliphatic rings.